The molecule has 0 aliphatic heterocycles. The van der Waals surface area contributed by atoms with Gasteiger partial charge in [-0.3, -0.25) is 9.69 Å². The van der Waals surface area contributed by atoms with Crippen molar-refractivity contribution in [3.8, 4) is 0 Å². The number of aryl methyl sites for hydroxylation is 4. The van der Waals surface area contributed by atoms with Gasteiger partial charge in [-0.2, -0.15) is 0 Å². The van der Waals surface area contributed by atoms with E-state index in [2.05, 4.69) is 81.7 Å². The Kier molecular flexibility index (Phi) is 7.28. The number of nitrogens with one attached hydrogen (secondary N) is 1. The number of tetrazole rings is 1. The van der Waals surface area contributed by atoms with Crippen LogP contribution in [0.3, 0.4) is 0 Å². The molecule has 0 saturated heterocycles. The first-order valence-corrected chi connectivity index (χ1v) is 13.2. The topological polar surface area (TPSA) is 79.7 Å². The van der Waals surface area contributed by atoms with E-state index < -0.39 is 0 Å². The third-order valence-corrected chi connectivity index (χ3v) is 7.77. The van der Waals surface area contributed by atoms with Gasteiger partial charge in [0.05, 0.1) is 11.6 Å². The molecule has 1 aliphatic rings. The van der Waals surface area contributed by atoms with Crippen LogP contribution in [0.2, 0.25) is 0 Å². The molecule has 0 bridgehead atoms. The molecule has 0 radical (unpaired) electrons. The zero-order chi connectivity index (χ0) is 25.1. The van der Waals surface area contributed by atoms with Crippen LogP contribution in [0, 0.1) is 13.8 Å². The third kappa shape index (κ3) is 4.98. The van der Waals surface area contributed by atoms with Crippen LogP contribution in [0.15, 0.2) is 53.3 Å². The maximum atomic E-state index is 13.2. The summed E-state index contributed by atoms with van der Waals surface area (Å²) in [6.45, 7) is 7.67. The normalized spacial score (nSPS) is 15.2. The largest absolute Gasteiger partial charge is 0.321 e. The van der Waals surface area contributed by atoms with Crippen molar-refractivity contribution in [2.75, 3.05) is 0 Å². The van der Waals surface area contributed by atoms with Crippen LogP contribution in [0.1, 0.15) is 73.1 Å². The van der Waals surface area contributed by atoms with Crippen LogP contribution in [0.4, 0.5) is 0 Å². The van der Waals surface area contributed by atoms with Crippen molar-refractivity contribution in [3.63, 3.8) is 0 Å². The van der Waals surface area contributed by atoms with Crippen molar-refractivity contribution in [3.05, 3.63) is 87.0 Å². The summed E-state index contributed by atoms with van der Waals surface area (Å²) in [6.07, 6.45) is 6.50. The van der Waals surface area contributed by atoms with E-state index in [0.29, 0.717) is 12.6 Å². The van der Waals surface area contributed by atoms with Gasteiger partial charge < -0.3 is 4.98 Å². The predicted octanol–water partition coefficient (Wildman–Crippen LogP) is 5.27. The summed E-state index contributed by atoms with van der Waals surface area (Å²) in [7, 11) is 0. The standard InChI is InChI=1S/C29H36N6O/c1-4-26(28-31-32-33-35(28)17-16-22-10-6-5-7-11-22)34(24-12-8-9-13-24)19-23-18-25-20(2)14-15-21(3)27(25)30-29(23)36/h5-7,10-11,14-15,18,24,26H,4,8-9,12-13,16-17,19H2,1-3H3,(H,30,36). The second-order valence-corrected chi connectivity index (χ2v) is 10.1. The van der Waals surface area contributed by atoms with Gasteiger partial charge in [0.25, 0.3) is 5.56 Å². The lowest BCUT2D eigenvalue weighted by Crippen LogP contribution is -2.39. The van der Waals surface area contributed by atoms with Crippen molar-refractivity contribution < 1.29 is 0 Å². The third-order valence-electron chi connectivity index (χ3n) is 7.77. The Bertz CT molecular complexity index is 1370. The van der Waals surface area contributed by atoms with E-state index in [1.807, 2.05) is 17.7 Å². The summed E-state index contributed by atoms with van der Waals surface area (Å²) in [5.41, 5.74) is 5.29. The second-order valence-electron chi connectivity index (χ2n) is 10.1. The molecule has 36 heavy (non-hydrogen) atoms. The molecule has 1 unspecified atom stereocenters. The van der Waals surface area contributed by atoms with Crippen LogP contribution in [-0.4, -0.2) is 36.1 Å². The van der Waals surface area contributed by atoms with Gasteiger partial charge >= 0.3 is 0 Å². The number of fused-ring (bicyclic) bond motifs is 1. The molecule has 2 aromatic carbocycles. The molecule has 2 aromatic heterocycles. The first-order chi connectivity index (χ1) is 17.5. The summed E-state index contributed by atoms with van der Waals surface area (Å²) < 4.78 is 1.96. The minimum Gasteiger partial charge on any atom is -0.321 e. The van der Waals surface area contributed by atoms with Gasteiger partial charge in [-0.25, -0.2) is 4.68 Å². The highest BCUT2D eigenvalue weighted by Gasteiger charge is 2.32. The van der Waals surface area contributed by atoms with E-state index in [4.69, 9.17) is 0 Å². The number of rotatable bonds is 9. The lowest BCUT2D eigenvalue weighted by molar-refractivity contribution is 0.112. The van der Waals surface area contributed by atoms with Crippen LogP contribution < -0.4 is 5.56 Å². The van der Waals surface area contributed by atoms with Gasteiger partial charge in [-0.15, -0.1) is 5.10 Å². The molecular formula is C29H36N6O. The first kappa shape index (κ1) is 24.4. The highest BCUT2D eigenvalue weighted by atomic mass is 16.1. The summed E-state index contributed by atoms with van der Waals surface area (Å²) in [5, 5.41) is 14.1. The molecule has 4 aromatic rings. The lowest BCUT2D eigenvalue weighted by Gasteiger charge is -2.35. The average molecular weight is 485 g/mol. The molecule has 1 fully saturated rings. The molecule has 5 rings (SSSR count). The van der Waals surface area contributed by atoms with Gasteiger partial charge in [0.15, 0.2) is 5.82 Å². The number of hydrogen-bond donors (Lipinski definition) is 1. The van der Waals surface area contributed by atoms with Crippen molar-refractivity contribution >= 4 is 10.9 Å². The summed E-state index contributed by atoms with van der Waals surface area (Å²) in [6, 6.07) is 17.2. The molecule has 0 amide bonds. The van der Waals surface area contributed by atoms with E-state index in [9.17, 15) is 4.79 Å². The van der Waals surface area contributed by atoms with Gasteiger partial charge in [-0.1, -0.05) is 62.2 Å². The monoisotopic (exact) mass is 484 g/mol. The van der Waals surface area contributed by atoms with Crippen molar-refractivity contribution in [1.82, 2.24) is 30.1 Å². The molecule has 0 spiro atoms. The Morgan fingerprint density at radius 3 is 2.58 bits per heavy atom. The van der Waals surface area contributed by atoms with E-state index >= 15 is 0 Å². The second kappa shape index (κ2) is 10.7. The molecule has 7 nitrogen and oxygen atoms in total. The Morgan fingerprint density at radius 1 is 1.08 bits per heavy atom. The molecular weight excluding hydrogens is 448 g/mol. The Hall–Kier alpha value is -3.32. The fraction of sp³-hybridized carbons (Fsp3) is 0.448. The fourth-order valence-electron chi connectivity index (χ4n) is 5.72. The Morgan fingerprint density at radius 2 is 1.83 bits per heavy atom. The predicted molar refractivity (Wildman–Crippen MR) is 143 cm³/mol. The maximum Gasteiger partial charge on any atom is 0.252 e. The van der Waals surface area contributed by atoms with Crippen LogP contribution in [0.5, 0.6) is 0 Å². The summed E-state index contributed by atoms with van der Waals surface area (Å²) in [5.74, 6) is 0.893. The van der Waals surface area contributed by atoms with Gasteiger partial charge in [-0.05, 0) is 72.7 Å². The maximum absolute atomic E-state index is 13.2. The number of benzene rings is 2. The highest BCUT2D eigenvalue weighted by molar-refractivity contribution is 5.85. The molecule has 1 aliphatic carbocycles. The average Bonchev–Trinajstić information content (AvgIpc) is 3.59. The van der Waals surface area contributed by atoms with Gasteiger partial charge in [0.1, 0.15) is 0 Å². The quantitative estimate of drug-likeness (QED) is 0.350. The molecule has 1 N–H and O–H groups in total. The Balaban J connectivity index is 1.47. The number of nitrogens with zero attached hydrogens (tertiary/aromatic N) is 5. The number of aromatic nitrogens is 5. The number of H-pyrrole nitrogens is 1. The van der Waals surface area contributed by atoms with Crippen molar-refractivity contribution in [2.24, 2.45) is 0 Å². The first-order valence-electron chi connectivity index (χ1n) is 13.2. The van der Waals surface area contributed by atoms with E-state index in [0.717, 1.165) is 60.1 Å². The fourth-order valence-corrected chi connectivity index (χ4v) is 5.72. The molecule has 188 valence electrons. The zero-order valence-corrected chi connectivity index (χ0v) is 21.6. The highest BCUT2D eigenvalue weighted by Crippen LogP contribution is 2.34. The van der Waals surface area contributed by atoms with Gasteiger partial charge in [0.2, 0.25) is 0 Å². The van der Waals surface area contributed by atoms with E-state index in [1.54, 1.807) is 0 Å². The molecule has 2 heterocycles. The van der Waals surface area contributed by atoms with Crippen LogP contribution >= 0.6 is 0 Å². The molecule has 1 saturated carbocycles. The number of hydrogen-bond acceptors (Lipinski definition) is 5. The lowest BCUT2D eigenvalue weighted by atomic mass is 10.0. The molecule has 7 heteroatoms. The van der Waals surface area contributed by atoms with Crippen molar-refractivity contribution in [1.29, 1.82) is 0 Å². The van der Waals surface area contributed by atoms with E-state index in [-0.39, 0.29) is 11.6 Å². The number of pyridine rings is 1. The Labute approximate surface area is 212 Å². The molecule has 1 atom stereocenters. The zero-order valence-electron chi connectivity index (χ0n) is 21.6. The van der Waals surface area contributed by atoms with Crippen molar-refractivity contribution in [2.45, 2.75) is 84.5 Å². The smallest absolute Gasteiger partial charge is 0.252 e. The van der Waals surface area contributed by atoms with E-state index in [1.165, 1.54) is 24.0 Å². The SMILES string of the molecule is CCC(c1nnnn1CCc1ccccc1)N(Cc1cc2c(C)ccc(C)c2[nH]c1=O)C1CCCC1. The summed E-state index contributed by atoms with van der Waals surface area (Å²) in [4.78, 5) is 18.9. The van der Waals surface area contributed by atoms with Crippen LogP contribution in [-0.2, 0) is 19.5 Å². The number of aromatic amines is 1. The minimum absolute atomic E-state index is 0.00211. The van der Waals surface area contributed by atoms with Crippen LogP contribution in [0.25, 0.3) is 10.9 Å². The summed E-state index contributed by atoms with van der Waals surface area (Å²) >= 11 is 0. The van der Waals surface area contributed by atoms with Gasteiger partial charge in [0, 0.05) is 30.1 Å². The minimum atomic E-state index is -0.00211.